The molecule has 2 N–H and O–H groups in total. The smallest absolute Gasteiger partial charge is 0.123 e. The van der Waals surface area contributed by atoms with Gasteiger partial charge in [0.1, 0.15) is 5.82 Å². The van der Waals surface area contributed by atoms with Crippen molar-refractivity contribution in [3.63, 3.8) is 0 Å². The van der Waals surface area contributed by atoms with Crippen LogP contribution in [0.4, 0.5) is 10.1 Å². The summed E-state index contributed by atoms with van der Waals surface area (Å²) in [5, 5.41) is 12.7. The van der Waals surface area contributed by atoms with Gasteiger partial charge in [-0.25, -0.2) is 4.39 Å². The van der Waals surface area contributed by atoms with Gasteiger partial charge in [0.25, 0.3) is 0 Å². The number of anilines is 1. The fraction of sp³-hybridized carbons (Fsp3) is 0.625. The standard InChI is InChI=1S/C16H25FN2O2/c1-4-18-8-12-7-13(17)5-6-15(12)19-9-14(10-20)21-16(2,3)11-19/h5-7,14,18,20H,4,8-11H2,1-3H3. The molecular formula is C16H25FN2O2. The molecule has 1 saturated heterocycles. The molecule has 21 heavy (non-hydrogen) atoms. The van der Waals surface area contributed by atoms with E-state index in [0.29, 0.717) is 19.6 Å². The van der Waals surface area contributed by atoms with Gasteiger partial charge in [0.2, 0.25) is 0 Å². The van der Waals surface area contributed by atoms with Crippen molar-refractivity contribution in [2.75, 3.05) is 31.1 Å². The van der Waals surface area contributed by atoms with Crippen LogP contribution < -0.4 is 10.2 Å². The summed E-state index contributed by atoms with van der Waals surface area (Å²) < 4.78 is 19.4. The number of hydrogen-bond acceptors (Lipinski definition) is 4. The first-order valence-electron chi connectivity index (χ1n) is 7.48. The highest BCUT2D eigenvalue weighted by molar-refractivity contribution is 5.54. The fourth-order valence-electron chi connectivity index (χ4n) is 2.84. The van der Waals surface area contributed by atoms with Crippen molar-refractivity contribution >= 4 is 5.69 Å². The molecule has 0 bridgehead atoms. The first kappa shape index (κ1) is 16.2. The summed E-state index contributed by atoms with van der Waals surface area (Å²) in [6.07, 6.45) is -0.217. The van der Waals surface area contributed by atoms with Crippen molar-refractivity contribution in [1.29, 1.82) is 0 Å². The van der Waals surface area contributed by atoms with Crippen molar-refractivity contribution < 1.29 is 14.2 Å². The summed E-state index contributed by atoms with van der Waals surface area (Å²) in [6, 6.07) is 4.88. The molecule has 1 aromatic rings. The minimum Gasteiger partial charge on any atom is -0.394 e. The molecule has 4 nitrogen and oxygen atoms in total. The molecule has 0 aliphatic carbocycles. The van der Waals surface area contributed by atoms with E-state index in [1.54, 1.807) is 6.07 Å². The molecule has 0 radical (unpaired) electrons. The Hall–Kier alpha value is -1.17. The number of benzene rings is 1. The first-order valence-corrected chi connectivity index (χ1v) is 7.48. The highest BCUT2D eigenvalue weighted by Crippen LogP contribution is 2.29. The van der Waals surface area contributed by atoms with Gasteiger partial charge in [-0.1, -0.05) is 6.92 Å². The summed E-state index contributed by atoms with van der Waals surface area (Å²) >= 11 is 0. The van der Waals surface area contributed by atoms with Crippen LogP contribution in [0, 0.1) is 5.82 Å². The van der Waals surface area contributed by atoms with Crippen LogP contribution in [0.5, 0.6) is 0 Å². The Kier molecular flexibility index (Phi) is 5.19. The molecular weight excluding hydrogens is 271 g/mol. The van der Waals surface area contributed by atoms with Crippen LogP contribution >= 0.6 is 0 Å². The van der Waals surface area contributed by atoms with Gasteiger partial charge < -0.3 is 20.1 Å². The summed E-state index contributed by atoms with van der Waals surface area (Å²) in [5.41, 5.74) is 1.61. The Morgan fingerprint density at radius 2 is 2.24 bits per heavy atom. The van der Waals surface area contributed by atoms with Gasteiger partial charge in [0.15, 0.2) is 0 Å². The van der Waals surface area contributed by atoms with E-state index in [1.165, 1.54) is 6.07 Å². The molecule has 0 aromatic heterocycles. The molecule has 1 fully saturated rings. The molecule has 1 heterocycles. The van der Waals surface area contributed by atoms with Gasteiger partial charge >= 0.3 is 0 Å². The second-order valence-corrected chi connectivity index (χ2v) is 6.12. The van der Waals surface area contributed by atoms with Gasteiger partial charge in [-0.15, -0.1) is 0 Å². The van der Waals surface area contributed by atoms with Crippen LogP contribution in [-0.4, -0.2) is 43.1 Å². The number of aliphatic hydroxyl groups excluding tert-OH is 1. The molecule has 1 atom stereocenters. The van der Waals surface area contributed by atoms with Crippen LogP contribution in [-0.2, 0) is 11.3 Å². The maximum absolute atomic E-state index is 13.5. The zero-order valence-corrected chi connectivity index (χ0v) is 13.0. The van der Waals surface area contributed by atoms with Crippen molar-refractivity contribution in [3.05, 3.63) is 29.6 Å². The average Bonchev–Trinajstić information content (AvgIpc) is 2.43. The number of nitrogens with one attached hydrogen (secondary N) is 1. The lowest BCUT2D eigenvalue weighted by Gasteiger charge is -2.44. The topological polar surface area (TPSA) is 44.7 Å². The van der Waals surface area contributed by atoms with E-state index in [4.69, 9.17) is 4.74 Å². The van der Waals surface area contributed by atoms with Gasteiger partial charge in [0.05, 0.1) is 18.3 Å². The van der Waals surface area contributed by atoms with E-state index in [-0.39, 0.29) is 24.1 Å². The molecule has 118 valence electrons. The Balaban J connectivity index is 2.26. The number of rotatable bonds is 5. The highest BCUT2D eigenvalue weighted by atomic mass is 19.1. The number of ether oxygens (including phenoxy) is 1. The molecule has 0 spiro atoms. The van der Waals surface area contributed by atoms with E-state index in [9.17, 15) is 9.50 Å². The number of aliphatic hydroxyl groups is 1. The fourth-order valence-corrected chi connectivity index (χ4v) is 2.84. The quantitative estimate of drug-likeness (QED) is 0.871. The second-order valence-electron chi connectivity index (χ2n) is 6.12. The van der Waals surface area contributed by atoms with E-state index < -0.39 is 0 Å². The summed E-state index contributed by atoms with van der Waals surface area (Å²) in [6.45, 7) is 8.83. The first-order chi connectivity index (χ1) is 9.95. The SMILES string of the molecule is CCNCc1cc(F)ccc1N1CC(CO)OC(C)(C)C1. The third kappa shape index (κ3) is 4.15. The summed E-state index contributed by atoms with van der Waals surface area (Å²) in [5.74, 6) is -0.224. The Labute approximate surface area is 125 Å². The molecule has 2 rings (SSSR count). The largest absolute Gasteiger partial charge is 0.394 e. The molecule has 0 saturated carbocycles. The number of halogens is 1. The number of nitrogens with zero attached hydrogens (tertiary/aromatic N) is 1. The Bertz CT molecular complexity index is 479. The van der Waals surface area contributed by atoms with Crippen molar-refractivity contribution in [1.82, 2.24) is 5.32 Å². The van der Waals surface area contributed by atoms with E-state index in [0.717, 1.165) is 17.8 Å². The minimum absolute atomic E-state index is 0.0102. The molecule has 1 aromatic carbocycles. The zero-order valence-electron chi connectivity index (χ0n) is 13.0. The summed E-state index contributed by atoms with van der Waals surface area (Å²) in [7, 11) is 0. The Morgan fingerprint density at radius 1 is 1.48 bits per heavy atom. The van der Waals surface area contributed by atoms with E-state index in [1.807, 2.05) is 26.8 Å². The van der Waals surface area contributed by atoms with Gasteiger partial charge in [-0.2, -0.15) is 0 Å². The van der Waals surface area contributed by atoms with Crippen LogP contribution in [0.3, 0.4) is 0 Å². The third-order valence-electron chi connectivity index (χ3n) is 3.63. The molecule has 5 heteroatoms. The molecule has 1 unspecified atom stereocenters. The third-order valence-corrected chi connectivity index (χ3v) is 3.63. The van der Waals surface area contributed by atoms with Crippen LogP contribution in [0.2, 0.25) is 0 Å². The van der Waals surface area contributed by atoms with E-state index >= 15 is 0 Å². The van der Waals surface area contributed by atoms with Gasteiger partial charge in [-0.3, -0.25) is 0 Å². The second kappa shape index (κ2) is 6.73. The highest BCUT2D eigenvalue weighted by Gasteiger charge is 2.33. The predicted molar refractivity (Wildman–Crippen MR) is 82.0 cm³/mol. The van der Waals surface area contributed by atoms with E-state index in [2.05, 4.69) is 10.2 Å². The molecule has 1 aliphatic rings. The number of hydrogen-bond donors (Lipinski definition) is 2. The zero-order chi connectivity index (χ0) is 15.5. The maximum atomic E-state index is 13.5. The lowest BCUT2D eigenvalue weighted by atomic mass is 10.0. The predicted octanol–water partition coefficient (Wildman–Crippen LogP) is 1.91. The molecule has 0 amide bonds. The normalized spacial score (nSPS) is 21.6. The lowest BCUT2D eigenvalue weighted by Crippen LogP contribution is -2.54. The van der Waals surface area contributed by atoms with Crippen LogP contribution in [0.1, 0.15) is 26.3 Å². The van der Waals surface area contributed by atoms with Gasteiger partial charge in [-0.05, 0) is 44.2 Å². The lowest BCUT2D eigenvalue weighted by molar-refractivity contribution is -0.101. The summed E-state index contributed by atoms with van der Waals surface area (Å²) in [4.78, 5) is 2.18. The van der Waals surface area contributed by atoms with Gasteiger partial charge in [0, 0.05) is 25.3 Å². The monoisotopic (exact) mass is 296 g/mol. The average molecular weight is 296 g/mol. The van der Waals surface area contributed by atoms with Crippen LogP contribution in [0.15, 0.2) is 18.2 Å². The Morgan fingerprint density at radius 3 is 2.90 bits per heavy atom. The number of morpholine rings is 1. The van der Waals surface area contributed by atoms with Crippen molar-refractivity contribution in [3.8, 4) is 0 Å². The maximum Gasteiger partial charge on any atom is 0.123 e. The van der Waals surface area contributed by atoms with Crippen molar-refractivity contribution in [2.45, 2.75) is 39.0 Å². The van der Waals surface area contributed by atoms with Crippen LogP contribution in [0.25, 0.3) is 0 Å². The molecule has 1 aliphatic heterocycles. The van der Waals surface area contributed by atoms with Crippen molar-refractivity contribution in [2.24, 2.45) is 0 Å². The minimum atomic E-state index is -0.338.